The van der Waals surface area contributed by atoms with Gasteiger partial charge in [0, 0.05) is 13.0 Å². The van der Waals surface area contributed by atoms with Gasteiger partial charge in [0.25, 0.3) is 5.56 Å². The number of halogens is 1. The molecule has 5 nitrogen and oxygen atoms in total. The van der Waals surface area contributed by atoms with E-state index in [1.807, 2.05) is 0 Å². The average molecular weight is 366 g/mol. The summed E-state index contributed by atoms with van der Waals surface area (Å²) in [4.78, 5) is 29.7. The zero-order chi connectivity index (χ0) is 18.8. The SMILES string of the molecule is O=C(OCc1ccc(F)cc1)c1ccc2c(=O)n3c(nc2c1)CCCCC3. The maximum atomic E-state index is 12.9. The molecule has 4 rings (SSSR count). The summed E-state index contributed by atoms with van der Waals surface area (Å²) in [5.41, 5.74) is 1.51. The Bertz CT molecular complexity index is 1060. The van der Waals surface area contributed by atoms with E-state index in [-0.39, 0.29) is 18.0 Å². The first-order chi connectivity index (χ1) is 13.1. The summed E-state index contributed by atoms with van der Waals surface area (Å²) < 4.78 is 20.0. The van der Waals surface area contributed by atoms with Crippen molar-refractivity contribution in [2.75, 3.05) is 0 Å². The second kappa shape index (κ2) is 7.31. The van der Waals surface area contributed by atoms with Crippen molar-refractivity contribution in [2.24, 2.45) is 0 Å². The van der Waals surface area contributed by atoms with Crippen molar-refractivity contribution < 1.29 is 13.9 Å². The predicted octanol–water partition coefficient (Wildman–Crippen LogP) is 3.62. The predicted molar refractivity (Wildman–Crippen MR) is 99.1 cm³/mol. The smallest absolute Gasteiger partial charge is 0.338 e. The largest absolute Gasteiger partial charge is 0.457 e. The highest BCUT2D eigenvalue weighted by atomic mass is 19.1. The van der Waals surface area contributed by atoms with Crippen LogP contribution in [0.2, 0.25) is 0 Å². The third-order valence-corrected chi connectivity index (χ3v) is 4.84. The Kier molecular flexibility index (Phi) is 4.71. The highest BCUT2D eigenvalue weighted by Gasteiger charge is 2.16. The number of aromatic nitrogens is 2. The molecule has 0 N–H and O–H groups in total. The summed E-state index contributed by atoms with van der Waals surface area (Å²) in [6.07, 6.45) is 3.84. The molecule has 0 unspecified atom stereocenters. The topological polar surface area (TPSA) is 61.2 Å². The fraction of sp³-hybridized carbons (Fsp3) is 0.286. The molecule has 0 aliphatic carbocycles. The van der Waals surface area contributed by atoms with E-state index in [0.717, 1.165) is 31.5 Å². The molecular weight excluding hydrogens is 347 g/mol. The molecule has 0 radical (unpaired) electrons. The highest BCUT2D eigenvalue weighted by Crippen LogP contribution is 2.17. The first-order valence-electron chi connectivity index (χ1n) is 9.07. The van der Waals surface area contributed by atoms with Crippen LogP contribution in [0.15, 0.2) is 47.3 Å². The lowest BCUT2D eigenvalue weighted by Crippen LogP contribution is -2.24. The third-order valence-electron chi connectivity index (χ3n) is 4.84. The van der Waals surface area contributed by atoms with Crippen LogP contribution in [0.1, 0.15) is 41.0 Å². The number of aryl methyl sites for hydroxylation is 1. The molecule has 2 heterocycles. The Balaban J connectivity index is 1.59. The Morgan fingerprint density at radius 3 is 2.74 bits per heavy atom. The Hall–Kier alpha value is -3.02. The molecule has 0 atom stereocenters. The normalized spacial score (nSPS) is 13.8. The van der Waals surface area contributed by atoms with Gasteiger partial charge in [-0.2, -0.15) is 0 Å². The standard InChI is InChI=1S/C21H19FN2O3/c22-16-8-5-14(6-9-16)13-27-21(26)15-7-10-17-18(12-15)23-19-4-2-1-3-11-24(19)20(17)25/h5-10,12H,1-4,11,13H2. The number of fused-ring (bicyclic) bond motifs is 2. The quantitative estimate of drug-likeness (QED) is 0.664. The monoisotopic (exact) mass is 366 g/mol. The first kappa shape index (κ1) is 17.4. The van der Waals surface area contributed by atoms with E-state index in [9.17, 15) is 14.0 Å². The van der Waals surface area contributed by atoms with E-state index in [1.54, 1.807) is 34.9 Å². The second-order valence-electron chi connectivity index (χ2n) is 6.73. The molecule has 27 heavy (non-hydrogen) atoms. The van der Waals surface area contributed by atoms with Gasteiger partial charge < -0.3 is 4.74 Å². The van der Waals surface area contributed by atoms with Crippen LogP contribution in [-0.2, 0) is 24.3 Å². The lowest BCUT2D eigenvalue weighted by atomic mass is 10.1. The summed E-state index contributed by atoms with van der Waals surface area (Å²) in [7, 11) is 0. The van der Waals surface area contributed by atoms with Crippen LogP contribution in [-0.4, -0.2) is 15.5 Å². The van der Waals surface area contributed by atoms with Crippen molar-refractivity contribution >= 4 is 16.9 Å². The van der Waals surface area contributed by atoms with Crippen molar-refractivity contribution in [1.82, 2.24) is 9.55 Å². The van der Waals surface area contributed by atoms with Gasteiger partial charge in [0.05, 0.1) is 16.5 Å². The van der Waals surface area contributed by atoms with Gasteiger partial charge in [0.2, 0.25) is 0 Å². The Morgan fingerprint density at radius 2 is 1.93 bits per heavy atom. The molecular formula is C21H19FN2O3. The van der Waals surface area contributed by atoms with E-state index in [0.29, 0.717) is 28.6 Å². The van der Waals surface area contributed by atoms with Gasteiger partial charge in [-0.05, 0) is 48.7 Å². The van der Waals surface area contributed by atoms with E-state index >= 15 is 0 Å². The number of rotatable bonds is 3. The summed E-state index contributed by atoms with van der Waals surface area (Å²) in [6, 6.07) is 10.6. The fourth-order valence-corrected chi connectivity index (χ4v) is 3.36. The van der Waals surface area contributed by atoms with Gasteiger partial charge in [-0.25, -0.2) is 14.2 Å². The molecule has 1 aliphatic rings. The lowest BCUT2D eigenvalue weighted by molar-refractivity contribution is 0.0473. The van der Waals surface area contributed by atoms with Crippen molar-refractivity contribution in [2.45, 2.75) is 38.8 Å². The minimum Gasteiger partial charge on any atom is -0.457 e. The van der Waals surface area contributed by atoms with Gasteiger partial charge in [0.1, 0.15) is 18.2 Å². The van der Waals surface area contributed by atoms with Crippen LogP contribution in [0.5, 0.6) is 0 Å². The summed E-state index contributed by atoms with van der Waals surface area (Å²) in [5.74, 6) is -0.0593. The van der Waals surface area contributed by atoms with Crippen LogP contribution in [0, 0.1) is 5.82 Å². The number of ether oxygens (including phenoxy) is 1. The maximum Gasteiger partial charge on any atom is 0.338 e. The summed E-state index contributed by atoms with van der Waals surface area (Å²) in [6.45, 7) is 0.746. The highest BCUT2D eigenvalue weighted by molar-refractivity contribution is 5.94. The first-order valence-corrected chi connectivity index (χ1v) is 9.07. The van der Waals surface area contributed by atoms with Crippen LogP contribution >= 0.6 is 0 Å². The number of carbonyl (C=O) groups is 1. The van der Waals surface area contributed by atoms with Crippen LogP contribution < -0.4 is 5.56 Å². The zero-order valence-corrected chi connectivity index (χ0v) is 14.8. The number of hydrogen-bond acceptors (Lipinski definition) is 4. The van der Waals surface area contributed by atoms with Crippen LogP contribution in [0.3, 0.4) is 0 Å². The van der Waals surface area contributed by atoms with Crippen LogP contribution in [0.4, 0.5) is 4.39 Å². The number of benzene rings is 2. The van der Waals surface area contributed by atoms with Gasteiger partial charge in [0.15, 0.2) is 0 Å². The molecule has 3 aromatic rings. The molecule has 6 heteroatoms. The second-order valence-corrected chi connectivity index (χ2v) is 6.73. The number of nitrogens with zero attached hydrogens (tertiary/aromatic N) is 2. The van der Waals surface area contributed by atoms with E-state index in [1.165, 1.54) is 12.1 Å². The van der Waals surface area contributed by atoms with Crippen molar-refractivity contribution in [3.8, 4) is 0 Å². The summed E-state index contributed by atoms with van der Waals surface area (Å²) >= 11 is 0. The van der Waals surface area contributed by atoms with Crippen LogP contribution in [0.25, 0.3) is 10.9 Å². The van der Waals surface area contributed by atoms with Crippen molar-refractivity contribution in [1.29, 1.82) is 0 Å². The molecule has 0 spiro atoms. The van der Waals surface area contributed by atoms with Gasteiger partial charge in [-0.1, -0.05) is 18.6 Å². The number of carbonyl (C=O) groups excluding carboxylic acids is 1. The molecule has 0 bridgehead atoms. The molecule has 0 fully saturated rings. The molecule has 0 saturated heterocycles. The number of esters is 1. The van der Waals surface area contributed by atoms with Gasteiger partial charge >= 0.3 is 5.97 Å². The Labute approximate surface area is 155 Å². The van der Waals surface area contributed by atoms with Crippen molar-refractivity contribution in [3.63, 3.8) is 0 Å². The Morgan fingerprint density at radius 1 is 1.11 bits per heavy atom. The molecule has 138 valence electrons. The minimum atomic E-state index is -0.502. The van der Waals surface area contributed by atoms with E-state index in [2.05, 4.69) is 4.98 Å². The molecule has 0 saturated carbocycles. The van der Waals surface area contributed by atoms with E-state index in [4.69, 9.17) is 4.74 Å². The maximum absolute atomic E-state index is 12.9. The van der Waals surface area contributed by atoms with Gasteiger partial charge in [-0.15, -0.1) is 0 Å². The lowest BCUT2D eigenvalue weighted by Gasteiger charge is -2.11. The summed E-state index contributed by atoms with van der Waals surface area (Å²) in [5, 5.41) is 0.510. The molecule has 2 aromatic carbocycles. The van der Waals surface area contributed by atoms with E-state index < -0.39 is 5.97 Å². The van der Waals surface area contributed by atoms with Crippen molar-refractivity contribution in [3.05, 3.63) is 75.6 Å². The third kappa shape index (κ3) is 3.60. The average Bonchev–Trinajstić information content (AvgIpc) is 2.93. The van der Waals surface area contributed by atoms with Gasteiger partial charge in [-0.3, -0.25) is 9.36 Å². The fourth-order valence-electron chi connectivity index (χ4n) is 3.36. The number of hydrogen-bond donors (Lipinski definition) is 0. The zero-order valence-electron chi connectivity index (χ0n) is 14.8. The minimum absolute atomic E-state index is 0.0527. The molecule has 0 amide bonds. The molecule has 1 aliphatic heterocycles. The molecule has 1 aromatic heterocycles.